The molecule has 8 atom stereocenters. The van der Waals surface area contributed by atoms with Gasteiger partial charge in [-0.15, -0.1) is 0 Å². The highest BCUT2D eigenvalue weighted by Gasteiger charge is 2.46. The lowest BCUT2D eigenvalue weighted by Crippen LogP contribution is -2.55. The number of hydrogen-bond donors (Lipinski definition) is 0. The summed E-state index contributed by atoms with van der Waals surface area (Å²) in [6, 6.07) is 8.97. The lowest BCUT2D eigenvalue weighted by Gasteiger charge is -2.35. The van der Waals surface area contributed by atoms with Gasteiger partial charge in [-0.05, 0) is 126 Å². The summed E-state index contributed by atoms with van der Waals surface area (Å²) in [5, 5.41) is 0. The van der Waals surface area contributed by atoms with Crippen molar-refractivity contribution in [1.82, 2.24) is 19.6 Å². The van der Waals surface area contributed by atoms with Crippen LogP contribution in [-0.4, -0.2) is 182 Å². The third-order valence-corrected chi connectivity index (χ3v) is 16.7. The molecule has 7 rings (SSSR count). The van der Waals surface area contributed by atoms with Crippen LogP contribution in [0.15, 0.2) is 48.5 Å². The molecule has 0 bridgehead atoms. The minimum atomic E-state index is -2.09. The molecule has 82 heavy (non-hydrogen) atoms. The smallest absolute Gasteiger partial charge is 0.329 e. The zero-order chi connectivity index (χ0) is 59.8. The second-order valence-corrected chi connectivity index (χ2v) is 24.7. The van der Waals surface area contributed by atoms with Gasteiger partial charge in [-0.1, -0.05) is 74.2 Å². The van der Waals surface area contributed by atoms with E-state index in [1.807, 2.05) is 48.5 Å². The van der Waals surface area contributed by atoms with Crippen molar-refractivity contribution in [1.29, 1.82) is 0 Å². The summed E-state index contributed by atoms with van der Waals surface area (Å²) in [6.45, 7) is 9.90. The Balaban J connectivity index is 1.26. The maximum absolute atomic E-state index is 15.9. The molecular formula is C62H86F2N4O14. The molecule has 4 amide bonds. The maximum Gasteiger partial charge on any atom is 0.329 e. The van der Waals surface area contributed by atoms with E-state index in [4.69, 9.17) is 28.4 Å². The average Bonchev–Trinajstić information content (AvgIpc) is 4.54. The van der Waals surface area contributed by atoms with E-state index in [1.54, 1.807) is 0 Å². The quantitative estimate of drug-likeness (QED) is 0.136. The predicted octanol–water partition coefficient (Wildman–Crippen LogP) is 7.15. The van der Waals surface area contributed by atoms with Crippen molar-refractivity contribution in [3.63, 3.8) is 0 Å². The van der Waals surface area contributed by atoms with E-state index in [9.17, 15) is 28.8 Å². The number of alkyl halides is 2. The molecule has 0 spiro atoms. The van der Waals surface area contributed by atoms with Crippen molar-refractivity contribution in [3.8, 4) is 0 Å². The van der Waals surface area contributed by atoms with Crippen LogP contribution in [0.25, 0.3) is 0 Å². The van der Waals surface area contributed by atoms with Gasteiger partial charge in [0.2, 0.25) is 0 Å². The standard InChI is InChI=1S/C62H86F2N4O14/c1-37-53(69)67(9)49(35-61(3,4)63)59(75)81-52(34-42-17-21-44(22-18-42)46-25-29-78-30-26-46)56(72)66(8)48(32-40-13-14-40)58(74)80-38(2)54(70)68(10)50(36-62(5,6)64)60(76)82-51(55(71)65(7)47(57(73)79-37)31-39-11-12-39)33-41-15-19-43(20-16-41)45-23-27-77-28-24-45/h15-22,37-40,45-52H,11-14,23-36H2,1-10H3/t37-,38-,47+,48+,49+,50+,51-,52-/m1/s1. The van der Waals surface area contributed by atoms with Gasteiger partial charge < -0.3 is 48.0 Å². The first kappa shape index (κ1) is 63.6. The van der Waals surface area contributed by atoms with Gasteiger partial charge in [0.15, 0.2) is 24.4 Å². The van der Waals surface area contributed by atoms with Gasteiger partial charge in [-0.25, -0.2) is 28.0 Å². The molecule has 2 saturated carbocycles. The number of cyclic esters (lactones) is 4. The number of amides is 4. The highest BCUT2D eigenvalue weighted by molar-refractivity contribution is 5.94. The first-order valence-corrected chi connectivity index (χ1v) is 29.3. The molecule has 2 aliphatic carbocycles. The van der Waals surface area contributed by atoms with E-state index >= 15 is 18.4 Å². The van der Waals surface area contributed by atoms with Crippen molar-refractivity contribution in [2.24, 2.45) is 11.8 Å². The van der Waals surface area contributed by atoms with E-state index in [0.29, 0.717) is 37.6 Å². The fourth-order valence-electron chi connectivity index (χ4n) is 11.2. The molecule has 452 valence electrons. The van der Waals surface area contributed by atoms with E-state index in [0.717, 1.165) is 82.1 Å². The van der Waals surface area contributed by atoms with Crippen LogP contribution in [0.1, 0.15) is 153 Å². The zero-order valence-electron chi connectivity index (χ0n) is 49.5. The Hall–Kier alpha value is -6.02. The maximum atomic E-state index is 15.9. The second kappa shape index (κ2) is 27.6. The Morgan fingerprint density at radius 3 is 1.01 bits per heavy atom. The number of halogens is 2. The van der Waals surface area contributed by atoms with Crippen molar-refractivity contribution >= 4 is 47.5 Å². The number of esters is 4. The van der Waals surface area contributed by atoms with Crippen LogP contribution >= 0.6 is 0 Å². The van der Waals surface area contributed by atoms with Crippen LogP contribution in [-0.2, 0) is 79.6 Å². The molecule has 5 aliphatic rings. The highest BCUT2D eigenvalue weighted by Crippen LogP contribution is 2.37. The van der Waals surface area contributed by atoms with Crippen LogP contribution in [0.2, 0.25) is 0 Å². The molecule has 2 aromatic rings. The van der Waals surface area contributed by atoms with Gasteiger partial charge in [0, 0.05) is 80.3 Å². The number of carbonyl (C=O) groups excluding carboxylic acids is 8. The normalized spacial score (nSPS) is 27.7. The fraction of sp³-hybridized carbons (Fsp3) is 0.677. The minimum absolute atomic E-state index is 0.00600. The topological polar surface area (TPSA) is 205 Å². The summed E-state index contributed by atoms with van der Waals surface area (Å²) >= 11 is 0. The third kappa shape index (κ3) is 17.5. The van der Waals surface area contributed by atoms with Gasteiger partial charge >= 0.3 is 23.9 Å². The summed E-state index contributed by atoms with van der Waals surface area (Å²) in [5.74, 6) is -7.27. The molecule has 18 nitrogen and oxygen atoms in total. The SMILES string of the molecule is C[C@H]1OC(=O)[C@H](CC2CC2)N(C)C(=O)[C@@H](Cc2ccc(C3CCOCC3)cc2)OC(=O)[C@H](CC(C)(C)F)N(C)C(=O)[C@@H](C)OC(=O)[C@H](CC2CC2)N(C)C(=O)[C@@H](Cc2ccc(C3CCOCC3)cc2)OC(=O)[C@H](CC(C)(C)F)N(C)C1=O. The van der Waals surface area contributed by atoms with Gasteiger partial charge in [-0.3, -0.25) is 19.2 Å². The predicted molar refractivity (Wildman–Crippen MR) is 297 cm³/mol. The molecule has 20 heteroatoms. The van der Waals surface area contributed by atoms with E-state index in [2.05, 4.69) is 0 Å². The molecule has 0 aromatic heterocycles. The van der Waals surface area contributed by atoms with Crippen LogP contribution in [0.3, 0.4) is 0 Å². The lowest BCUT2D eigenvalue weighted by atomic mass is 9.90. The fourth-order valence-corrected chi connectivity index (χ4v) is 11.2. The molecule has 0 radical (unpaired) electrons. The zero-order valence-corrected chi connectivity index (χ0v) is 49.5. The minimum Gasteiger partial charge on any atom is -0.451 e. The van der Waals surface area contributed by atoms with Gasteiger partial charge in [0.25, 0.3) is 23.6 Å². The Morgan fingerprint density at radius 2 is 0.720 bits per heavy atom. The van der Waals surface area contributed by atoms with Crippen molar-refractivity contribution in [3.05, 3.63) is 70.8 Å². The Kier molecular flexibility index (Phi) is 21.4. The highest BCUT2D eigenvalue weighted by atomic mass is 19.1. The molecule has 0 N–H and O–H groups in total. The number of likely N-dealkylation sites (N-methyl/N-ethyl adjacent to an activating group) is 4. The van der Waals surface area contributed by atoms with E-state index < -0.39 is 120 Å². The largest absolute Gasteiger partial charge is 0.451 e. The third-order valence-electron chi connectivity index (χ3n) is 16.7. The van der Waals surface area contributed by atoms with Gasteiger partial charge in [0.05, 0.1) is 0 Å². The summed E-state index contributed by atoms with van der Waals surface area (Å²) in [4.78, 5) is 121. The number of rotatable bonds is 14. The van der Waals surface area contributed by atoms with Crippen molar-refractivity contribution in [2.75, 3.05) is 54.6 Å². The average molecular weight is 1150 g/mol. The molecule has 0 unspecified atom stereocenters. The molecule has 3 saturated heterocycles. The van der Waals surface area contributed by atoms with Crippen molar-refractivity contribution in [2.45, 2.75) is 203 Å². The summed E-state index contributed by atoms with van der Waals surface area (Å²) in [6.07, 6.45) is -1.65. The Morgan fingerprint density at radius 1 is 0.427 bits per heavy atom. The number of carbonyl (C=O) groups is 8. The van der Waals surface area contributed by atoms with Gasteiger partial charge in [0.1, 0.15) is 35.5 Å². The summed E-state index contributed by atoms with van der Waals surface area (Å²) < 4.78 is 66.8. The first-order chi connectivity index (χ1) is 38.7. The van der Waals surface area contributed by atoms with Crippen molar-refractivity contribution < 1.29 is 75.6 Å². The Bertz CT molecular complexity index is 2390. The monoisotopic (exact) mass is 1150 g/mol. The first-order valence-electron chi connectivity index (χ1n) is 29.3. The van der Waals surface area contributed by atoms with Crippen LogP contribution in [0, 0.1) is 11.8 Å². The Labute approximate surface area is 481 Å². The lowest BCUT2D eigenvalue weighted by molar-refractivity contribution is -0.176. The van der Waals surface area contributed by atoms with E-state index in [-0.39, 0.29) is 49.4 Å². The molecule has 3 heterocycles. The molecule has 3 aliphatic heterocycles. The number of hydrogen-bond acceptors (Lipinski definition) is 14. The molecular weight excluding hydrogens is 1060 g/mol. The summed E-state index contributed by atoms with van der Waals surface area (Å²) in [5.41, 5.74) is -0.900. The summed E-state index contributed by atoms with van der Waals surface area (Å²) in [7, 11) is 5.17. The number of nitrogens with zero attached hydrogens (tertiary/aromatic N) is 4. The number of ether oxygens (including phenoxy) is 6. The molecule has 2 aromatic carbocycles. The van der Waals surface area contributed by atoms with Crippen LogP contribution in [0.5, 0.6) is 0 Å². The van der Waals surface area contributed by atoms with Gasteiger partial charge in [-0.2, -0.15) is 0 Å². The van der Waals surface area contributed by atoms with E-state index in [1.165, 1.54) is 69.7 Å². The molecule has 5 fully saturated rings. The van der Waals surface area contributed by atoms with Crippen LogP contribution < -0.4 is 0 Å². The van der Waals surface area contributed by atoms with Crippen LogP contribution in [0.4, 0.5) is 8.78 Å². The second-order valence-electron chi connectivity index (χ2n) is 24.7. The number of benzene rings is 2.